The molecule has 5 rings (SSSR count). The van der Waals surface area contributed by atoms with Gasteiger partial charge in [0.1, 0.15) is 0 Å². The number of nitrogens with zero attached hydrogens (tertiary/aromatic N) is 4. The van der Waals surface area contributed by atoms with Crippen molar-refractivity contribution in [1.29, 1.82) is 0 Å². The van der Waals surface area contributed by atoms with Crippen molar-refractivity contribution in [3.63, 3.8) is 0 Å². The lowest BCUT2D eigenvalue weighted by Gasteiger charge is -2.15. The van der Waals surface area contributed by atoms with Crippen LogP contribution >= 0.6 is 0 Å². The van der Waals surface area contributed by atoms with Gasteiger partial charge in [0.25, 0.3) is 0 Å². The van der Waals surface area contributed by atoms with E-state index in [0.717, 1.165) is 33.3 Å². The summed E-state index contributed by atoms with van der Waals surface area (Å²) in [5.41, 5.74) is 13.5. The van der Waals surface area contributed by atoms with Crippen molar-refractivity contribution in [3.05, 3.63) is 90.6 Å². The highest BCUT2D eigenvalue weighted by Crippen LogP contribution is 2.33. The molecule has 28 heavy (non-hydrogen) atoms. The molecule has 2 aromatic carbocycles. The Morgan fingerprint density at radius 1 is 0.929 bits per heavy atom. The predicted octanol–water partition coefficient (Wildman–Crippen LogP) is 4.23. The minimum Gasteiger partial charge on any atom is -0.351 e. The first kappa shape index (κ1) is 16.6. The van der Waals surface area contributed by atoms with Crippen molar-refractivity contribution in [3.8, 4) is 11.1 Å². The third-order valence-electron chi connectivity index (χ3n) is 5.20. The Labute approximate surface area is 162 Å². The summed E-state index contributed by atoms with van der Waals surface area (Å²) in [4.78, 5) is 13.3. The third kappa shape index (κ3) is 2.73. The average molecular weight is 365 g/mol. The van der Waals surface area contributed by atoms with E-state index in [-0.39, 0.29) is 6.04 Å². The smallest absolute Gasteiger partial charge is 0.0965 e. The van der Waals surface area contributed by atoms with Crippen LogP contribution in [0, 0.1) is 0 Å². The molecule has 5 heteroatoms. The Kier molecular flexibility index (Phi) is 3.88. The Hall–Kier alpha value is -3.57. The topological polar surface area (TPSA) is 69.6 Å². The summed E-state index contributed by atoms with van der Waals surface area (Å²) in [6.45, 7) is 0. The summed E-state index contributed by atoms with van der Waals surface area (Å²) < 4.78 is 2.12. The Bertz CT molecular complexity index is 1290. The molecular formula is C23H19N5. The number of aryl methyl sites for hydroxylation is 1. The number of pyridine rings is 1. The molecule has 0 aliphatic carbocycles. The Morgan fingerprint density at radius 2 is 1.82 bits per heavy atom. The van der Waals surface area contributed by atoms with E-state index in [9.17, 15) is 0 Å². The van der Waals surface area contributed by atoms with Gasteiger partial charge in [-0.3, -0.25) is 15.0 Å². The molecule has 0 aliphatic heterocycles. The molecule has 0 saturated heterocycles. The van der Waals surface area contributed by atoms with Gasteiger partial charge in [-0.05, 0) is 52.4 Å². The summed E-state index contributed by atoms with van der Waals surface area (Å²) >= 11 is 0. The van der Waals surface area contributed by atoms with Crippen molar-refractivity contribution in [2.45, 2.75) is 6.04 Å². The van der Waals surface area contributed by atoms with Crippen LogP contribution in [-0.2, 0) is 7.05 Å². The molecule has 0 aliphatic rings. The lowest BCUT2D eigenvalue weighted by Crippen LogP contribution is -2.12. The highest BCUT2D eigenvalue weighted by molar-refractivity contribution is 5.95. The summed E-state index contributed by atoms with van der Waals surface area (Å²) in [6.07, 6.45) is 9.07. The maximum absolute atomic E-state index is 6.56. The second-order valence-electron chi connectivity index (χ2n) is 6.96. The van der Waals surface area contributed by atoms with Crippen molar-refractivity contribution >= 4 is 21.9 Å². The maximum Gasteiger partial charge on any atom is 0.0965 e. The molecule has 136 valence electrons. The van der Waals surface area contributed by atoms with E-state index < -0.39 is 0 Å². The van der Waals surface area contributed by atoms with Gasteiger partial charge in [-0.2, -0.15) is 0 Å². The van der Waals surface area contributed by atoms with Gasteiger partial charge in [0.15, 0.2) is 0 Å². The molecule has 1 unspecified atom stereocenters. The summed E-state index contributed by atoms with van der Waals surface area (Å²) in [5, 5.41) is 1.21. The van der Waals surface area contributed by atoms with Gasteiger partial charge in [-0.15, -0.1) is 0 Å². The number of fused-ring (bicyclic) bond motifs is 2. The molecule has 5 aromatic rings. The largest absolute Gasteiger partial charge is 0.351 e. The molecule has 3 aromatic heterocycles. The fraction of sp³-hybridized carbons (Fsp3) is 0.0870. The van der Waals surface area contributed by atoms with Crippen LogP contribution in [0.5, 0.6) is 0 Å². The van der Waals surface area contributed by atoms with Crippen molar-refractivity contribution in [1.82, 2.24) is 19.5 Å². The molecule has 0 fully saturated rings. The van der Waals surface area contributed by atoms with E-state index in [4.69, 9.17) is 5.73 Å². The van der Waals surface area contributed by atoms with Gasteiger partial charge in [0.05, 0.1) is 17.1 Å². The number of hydrogen-bond acceptors (Lipinski definition) is 4. The quantitative estimate of drug-likeness (QED) is 0.519. The van der Waals surface area contributed by atoms with Gasteiger partial charge in [-0.1, -0.05) is 18.2 Å². The van der Waals surface area contributed by atoms with E-state index in [0.29, 0.717) is 0 Å². The highest BCUT2D eigenvalue weighted by atomic mass is 14.9. The van der Waals surface area contributed by atoms with E-state index in [2.05, 4.69) is 63.1 Å². The first-order valence-corrected chi connectivity index (χ1v) is 9.16. The standard InChI is InChI=1S/C23H19N5/c1-28-10-6-15-4-5-16(13-21(15)28)19-11-18(12-20-23(19)27-9-8-26-20)22(24)17-3-2-7-25-14-17/h2-14,22H,24H2,1H3. The predicted molar refractivity (Wildman–Crippen MR) is 112 cm³/mol. The van der Waals surface area contributed by atoms with Crippen LogP contribution in [-0.4, -0.2) is 19.5 Å². The zero-order chi connectivity index (χ0) is 19.1. The monoisotopic (exact) mass is 365 g/mol. The normalized spacial score (nSPS) is 12.5. The van der Waals surface area contributed by atoms with Crippen LogP contribution in [0.2, 0.25) is 0 Å². The van der Waals surface area contributed by atoms with Crippen molar-refractivity contribution < 1.29 is 0 Å². The number of rotatable bonds is 3. The first-order chi connectivity index (χ1) is 13.7. The molecule has 0 bridgehead atoms. The van der Waals surface area contributed by atoms with Crippen LogP contribution in [0.4, 0.5) is 0 Å². The second kappa shape index (κ2) is 6.55. The van der Waals surface area contributed by atoms with Gasteiger partial charge in [0, 0.05) is 49.1 Å². The van der Waals surface area contributed by atoms with E-state index >= 15 is 0 Å². The molecule has 5 nitrogen and oxygen atoms in total. The summed E-state index contributed by atoms with van der Waals surface area (Å²) in [7, 11) is 2.05. The van der Waals surface area contributed by atoms with Crippen LogP contribution in [0.1, 0.15) is 17.2 Å². The van der Waals surface area contributed by atoms with Crippen LogP contribution in [0.25, 0.3) is 33.1 Å². The zero-order valence-electron chi connectivity index (χ0n) is 15.4. The highest BCUT2D eigenvalue weighted by Gasteiger charge is 2.15. The maximum atomic E-state index is 6.56. The fourth-order valence-electron chi connectivity index (χ4n) is 3.68. The SMILES string of the molecule is Cn1ccc2ccc(-c3cc(C(N)c4cccnc4)cc4nccnc34)cc21. The molecule has 2 N–H and O–H groups in total. The number of benzene rings is 2. The van der Waals surface area contributed by atoms with Crippen molar-refractivity contribution in [2.24, 2.45) is 12.8 Å². The van der Waals surface area contributed by atoms with Crippen molar-refractivity contribution in [2.75, 3.05) is 0 Å². The lowest BCUT2D eigenvalue weighted by atomic mass is 9.94. The average Bonchev–Trinajstić information content (AvgIpc) is 3.13. The van der Waals surface area contributed by atoms with Crippen LogP contribution in [0.3, 0.4) is 0 Å². The number of hydrogen-bond donors (Lipinski definition) is 1. The Balaban J connectivity index is 1.73. The van der Waals surface area contributed by atoms with Gasteiger partial charge in [-0.25, -0.2) is 0 Å². The molecular weight excluding hydrogens is 346 g/mol. The minimum atomic E-state index is -0.280. The van der Waals surface area contributed by atoms with Gasteiger partial charge in [0.2, 0.25) is 0 Å². The molecule has 3 heterocycles. The van der Waals surface area contributed by atoms with E-state index in [1.165, 1.54) is 10.9 Å². The van der Waals surface area contributed by atoms with E-state index in [1.807, 2.05) is 18.2 Å². The lowest BCUT2D eigenvalue weighted by molar-refractivity contribution is 0.864. The van der Waals surface area contributed by atoms with Crippen LogP contribution in [0.15, 0.2) is 79.5 Å². The van der Waals surface area contributed by atoms with E-state index in [1.54, 1.807) is 24.8 Å². The Morgan fingerprint density at radius 3 is 2.68 bits per heavy atom. The van der Waals surface area contributed by atoms with Gasteiger partial charge < -0.3 is 10.3 Å². The molecule has 0 saturated carbocycles. The van der Waals surface area contributed by atoms with Gasteiger partial charge >= 0.3 is 0 Å². The molecule has 0 spiro atoms. The second-order valence-corrected chi connectivity index (χ2v) is 6.96. The zero-order valence-corrected chi connectivity index (χ0v) is 15.4. The summed E-state index contributed by atoms with van der Waals surface area (Å²) in [6, 6.07) is 16.3. The first-order valence-electron chi connectivity index (χ1n) is 9.16. The fourth-order valence-corrected chi connectivity index (χ4v) is 3.68. The number of nitrogens with two attached hydrogens (primary N) is 1. The minimum absolute atomic E-state index is 0.280. The third-order valence-corrected chi connectivity index (χ3v) is 5.20. The number of aromatic nitrogens is 4. The molecule has 0 amide bonds. The summed E-state index contributed by atoms with van der Waals surface area (Å²) in [5.74, 6) is 0. The van der Waals surface area contributed by atoms with Crippen LogP contribution < -0.4 is 5.73 Å². The molecule has 1 atom stereocenters. The molecule has 0 radical (unpaired) electrons.